The van der Waals surface area contributed by atoms with Gasteiger partial charge in [0.15, 0.2) is 0 Å². The molecule has 0 atom stereocenters. The van der Waals surface area contributed by atoms with Crippen LogP contribution in [-0.4, -0.2) is 87.4 Å². The van der Waals surface area contributed by atoms with Crippen LogP contribution < -0.4 is 31.1 Å². The summed E-state index contributed by atoms with van der Waals surface area (Å²) in [5.41, 5.74) is 1.01. The van der Waals surface area contributed by atoms with Crippen molar-refractivity contribution in [2.24, 2.45) is 0 Å². The molecule has 7 aromatic rings. The Morgan fingerprint density at radius 1 is 0.361 bits per heavy atom. The van der Waals surface area contributed by atoms with E-state index in [0.717, 1.165) is 63.5 Å². The molecule has 0 saturated carbocycles. The van der Waals surface area contributed by atoms with E-state index < -0.39 is 34.1 Å². The molecule has 0 saturated heterocycles. The third-order valence-electron chi connectivity index (χ3n) is 14.8. The molecule has 0 unspecified atom stereocenters. The summed E-state index contributed by atoms with van der Waals surface area (Å²) < 4.78 is 43.6. The zero-order valence-electron chi connectivity index (χ0n) is 51.4. The van der Waals surface area contributed by atoms with Gasteiger partial charge in [-0.1, -0.05) is 262 Å². The molecule has 0 spiro atoms. The number of hydrogen-bond acceptors (Lipinski definition) is 8. The van der Waals surface area contributed by atoms with Crippen molar-refractivity contribution in [1.29, 1.82) is 0 Å². The van der Waals surface area contributed by atoms with Gasteiger partial charge in [0.25, 0.3) is 26.8 Å². The largest absolute Gasteiger partial charge is 0.407 e. The first-order chi connectivity index (χ1) is 39.6. The average Bonchev–Trinajstić information content (AvgIpc) is 2.16. The van der Waals surface area contributed by atoms with Gasteiger partial charge in [0.2, 0.25) is 7.38 Å². The molecule has 0 fully saturated rings. The molecule has 0 aliphatic carbocycles. The number of unbranched alkanes of at least 4 members (excludes halogenated alkanes) is 6. The molecule has 450 valence electrons. The van der Waals surface area contributed by atoms with Crippen molar-refractivity contribution < 1.29 is 36.8 Å². The van der Waals surface area contributed by atoms with Gasteiger partial charge in [0.1, 0.15) is 0 Å². The lowest BCUT2D eigenvalue weighted by atomic mass is 10.2. The quantitative estimate of drug-likeness (QED) is 0.0224. The van der Waals surface area contributed by atoms with Gasteiger partial charge in [-0.25, -0.2) is 0 Å². The molecule has 13 heteroatoms. The van der Waals surface area contributed by atoms with Crippen molar-refractivity contribution in [3.63, 3.8) is 0 Å². The van der Waals surface area contributed by atoms with Gasteiger partial charge in [0, 0.05) is 33.0 Å². The van der Waals surface area contributed by atoms with Crippen LogP contribution in [0.3, 0.4) is 0 Å². The smallest absolute Gasteiger partial charge is 0.296 e. The maximum absolute atomic E-state index is 12.3. The standard InChI is InChI=1S/C28H36O4SSi.C21H30O2Si.C16H19ClSi.C5H12O2/c1-24-18-20-25(21-19-24)33(29,30)31-22-12-7-13-23-32-34(28(2,3)4,26-14-8-5-9-15-26)27-16-10-6-11-17-27;1-21(2,3)24(19-13-7-4-8-14-19,20-15-9-5-10-16-20)23-18-12-6-11-17-22;1-16(2,3)18(17,14-10-6-4-7-11-14)15-12-8-5-9-13-15;6-4-2-1-3-5-7/h5-6,8-11,14-21H,7,12-13,22-23H2,1-4H3;4-5,7-10,13-16,22H,6,11-12,17-18H2,1-3H3;4-13H,1-3H3;6-7H,1-5H2. The van der Waals surface area contributed by atoms with Gasteiger partial charge in [-0.3, -0.25) is 4.18 Å². The Labute approximate surface area is 508 Å². The van der Waals surface area contributed by atoms with Crippen LogP contribution in [0.1, 0.15) is 126 Å². The van der Waals surface area contributed by atoms with E-state index in [1.165, 1.54) is 31.1 Å². The van der Waals surface area contributed by atoms with E-state index in [9.17, 15) is 8.42 Å². The number of aliphatic hydroxyl groups is 3. The zero-order chi connectivity index (χ0) is 60.9. The Bertz CT molecular complexity index is 2800. The molecule has 0 amide bonds. The lowest BCUT2D eigenvalue weighted by molar-refractivity contribution is 0.256. The second-order valence-corrected chi connectivity index (χ2v) is 40.0. The van der Waals surface area contributed by atoms with Crippen LogP contribution in [0.15, 0.2) is 211 Å². The number of halogens is 1. The Morgan fingerprint density at radius 2 is 0.627 bits per heavy atom. The van der Waals surface area contributed by atoms with Gasteiger partial charge < -0.3 is 24.2 Å². The van der Waals surface area contributed by atoms with Gasteiger partial charge in [-0.15, -0.1) is 0 Å². The third-order valence-corrected chi connectivity index (χ3v) is 33.5. The number of benzene rings is 7. The maximum Gasteiger partial charge on any atom is 0.296 e. The Morgan fingerprint density at radius 3 is 0.904 bits per heavy atom. The predicted octanol–water partition coefficient (Wildman–Crippen LogP) is 13.1. The minimum atomic E-state index is -3.71. The first-order valence-corrected chi connectivity index (χ1v) is 37.9. The van der Waals surface area contributed by atoms with Crippen molar-refractivity contribution >= 4 is 76.3 Å². The number of hydrogen-bond donors (Lipinski definition) is 3. The van der Waals surface area contributed by atoms with Crippen LogP contribution in [-0.2, 0) is 23.2 Å². The second-order valence-electron chi connectivity index (χ2n) is 24.1. The Hall–Kier alpha value is -4.81. The van der Waals surface area contributed by atoms with E-state index in [-0.39, 0.29) is 46.4 Å². The SMILES string of the molecule is CC(C)(C)[Si](Cl)(c1ccccc1)c1ccccc1.CC(C)(C)[Si](OCCCCCO)(c1ccccc1)c1ccccc1.Cc1ccc(S(=O)(=O)OCCCCCO[Si](c2ccccc2)(c2ccccc2)C(C)(C)C)cc1.OCCCCCO. The first-order valence-electron chi connectivity index (χ1n) is 29.7. The summed E-state index contributed by atoms with van der Waals surface area (Å²) in [5, 5.41) is 33.2. The van der Waals surface area contributed by atoms with Crippen LogP contribution in [0.5, 0.6) is 0 Å². The summed E-state index contributed by atoms with van der Waals surface area (Å²) in [7, 11) is -10.8. The first kappa shape index (κ1) is 70.7. The van der Waals surface area contributed by atoms with Crippen LogP contribution in [0.25, 0.3) is 0 Å². The van der Waals surface area contributed by atoms with Crippen molar-refractivity contribution in [3.8, 4) is 0 Å². The summed E-state index contributed by atoms with van der Waals surface area (Å²) >= 11 is 7.21. The van der Waals surface area contributed by atoms with E-state index in [1.807, 2.05) is 31.2 Å². The molecule has 0 bridgehead atoms. The molecular formula is C70H97ClO8SSi3. The highest BCUT2D eigenvalue weighted by atomic mass is 35.6. The fraction of sp³-hybridized carbons (Fsp3) is 0.400. The van der Waals surface area contributed by atoms with Crippen molar-refractivity contribution in [2.45, 2.75) is 147 Å². The maximum atomic E-state index is 12.3. The summed E-state index contributed by atoms with van der Waals surface area (Å²) in [4.78, 5) is 0.202. The van der Waals surface area contributed by atoms with Gasteiger partial charge in [-0.05, 0) is 123 Å². The van der Waals surface area contributed by atoms with Crippen LogP contribution in [0.2, 0.25) is 15.1 Å². The average molecular weight is 1220 g/mol. The Balaban J connectivity index is 0.000000263. The molecule has 0 aliphatic heterocycles. The summed E-state index contributed by atoms with van der Waals surface area (Å²) in [6.45, 7) is 24.7. The molecule has 0 aromatic heterocycles. The minimum absolute atomic E-state index is 0.0344. The van der Waals surface area contributed by atoms with Crippen LogP contribution >= 0.6 is 11.1 Å². The normalized spacial score (nSPS) is 12.2. The predicted molar refractivity (Wildman–Crippen MR) is 358 cm³/mol. The molecule has 0 radical (unpaired) electrons. The fourth-order valence-electron chi connectivity index (χ4n) is 10.5. The van der Waals surface area contributed by atoms with Gasteiger partial charge in [-0.2, -0.15) is 19.5 Å². The molecule has 3 N–H and O–H groups in total. The van der Waals surface area contributed by atoms with E-state index in [2.05, 4.69) is 220 Å². The van der Waals surface area contributed by atoms with Gasteiger partial charge >= 0.3 is 0 Å². The van der Waals surface area contributed by atoms with E-state index in [0.29, 0.717) is 13.0 Å². The van der Waals surface area contributed by atoms with Crippen molar-refractivity contribution in [2.75, 3.05) is 39.6 Å². The van der Waals surface area contributed by atoms with Crippen LogP contribution in [0.4, 0.5) is 0 Å². The molecule has 7 rings (SSSR count). The van der Waals surface area contributed by atoms with Crippen molar-refractivity contribution in [1.82, 2.24) is 0 Å². The lowest BCUT2D eigenvalue weighted by Crippen LogP contribution is -2.66. The highest BCUT2D eigenvalue weighted by Gasteiger charge is 2.51. The molecule has 8 nitrogen and oxygen atoms in total. The van der Waals surface area contributed by atoms with Gasteiger partial charge in [0.05, 0.1) is 11.5 Å². The van der Waals surface area contributed by atoms with E-state index >= 15 is 0 Å². The third kappa shape index (κ3) is 20.4. The van der Waals surface area contributed by atoms with E-state index in [1.54, 1.807) is 24.3 Å². The number of rotatable bonds is 25. The minimum Gasteiger partial charge on any atom is -0.407 e. The fourth-order valence-corrected chi connectivity index (χ4v) is 24.7. The molecular weight excluding hydrogens is 1120 g/mol. The Kier molecular flexibility index (Phi) is 29.8. The van der Waals surface area contributed by atoms with Crippen molar-refractivity contribution in [3.05, 3.63) is 212 Å². The molecule has 0 aliphatic rings. The second kappa shape index (κ2) is 35.0. The monoisotopic (exact) mass is 1220 g/mol. The number of aryl methyl sites for hydroxylation is 1. The van der Waals surface area contributed by atoms with E-state index in [4.69, 9.17) is 39.4 Å². The number of aliphatic hydroxyl groups excluding tert-OH is 3. The highest BCUT2D eigenvalue weighted by Crippen LogP contribution is 2.40. The summed E-state index contributed by atoms with van der Waals surface area (Å²) in [5.74, 6) is 0. The zero-order valence-corrected chi connectivity index (χ0v) is 56.0. The molecule has 0 heterocycles. The summed E-state index contributed by atoms with van der Waals surface area (Å²) in [6.07, 6.45) is 7.77. The topological polar surface area (TPSA) is 123 Å². The lowest BCUT2D eigenvalue weighted by Gasteiger charge is -2.43. The van der Waals surface area contributed by atoms with Crippen LogP contribution in [0, 0.1) is 6.92 Å². The summed E-state index contributed by atoms with van der Waals surface area (Å²) in [6, 6.07) is 70.4. The molecule has 7 aromatic carbocycles. The highest BCUT2D eigenvalue weighted by molar-refractivity contribution is 7.86. The molecule has 83 heavy (non-hydrogen) atoms.